The zero-order valence-corrected chi connectivity index (χ0v) is 11.0. The second-order valence-corrected chi connectivity index (χ2v) is 4.38. The molecule has 21 heavy (non-hydrogen) atoms. The van der Waals surface area contributed by atoms with Gasteiger partial charge in [-0.15, -0.1) is 0 Å². The number of nitro groups is 1. The first-order valence-electron chi connectivity index (χ1n) is 5.56. The fourth-order valence-electron chi connectivity index (χ4n) is 1.56. The summed E-state index contributed by atoms with van der Waals surface area (Å²) in [6.07, 6.45) is 0. The van der Waals surface area contributed by atoms with E-state index in [0.29, 0.717) is 0 Å². The minimum atomic E-state index is -1.14. The van der Waals surface area contributed by atoms with Crippen LogP contribution in [0.1, 0.15) is 20.8 Å². The lowest BCUT2D eigenvalue weighted by Crippen LogP contribution is -2.13. The molecular weight excluding hydrogens is 302 g/mol. The Bertz CT molecular complexity index is 740. The fourth-order valence-corrected chi connectivity index (χ4v) is 1.79. The number of carbonyl (C=O) groups excluding carboxylic acids is 1. The SMILES string of the molecule is O=C(O)c1ccc(NC(=O)c2ccc([N+](=O)[O-])[nH]2)c(Cl)c1. The van der Waals surface area contributed by atoms with E-state index in [0.717, 1.165) is 6.07 Å². The standard InChI is InChI=1S/C12H8ClN3O5/c13-7-5-6(12(18)19)1-2-8(7)15-11(17)9-3-4-10(14-9)16(20)21/h1-5,14H,(H,15,17)(H,18,19). The number of benzene rings is 1. The van der Waals surface area contributed by atoms with Crippen LogP contribution in [0.2, 0.25) is 5.02 Å². The number of H-pyrrole nitrogens is 1. The van der Waals surface area contributed by atoms with Crippen molar-refractivity contribution >= 4 is 35.0 Å². The summed E-state index contributed by atoms with van der Waals surface area (Å²) in [5.41, 5.74) is 0.164. The summed E-state index contributed by atoms with van der Waals surface area (Å²) in [6, 6.07) is 6.22. The van der Waals surface area contributed by atoms with Crippen LogP contribution in [0.25, 0.3) is 0 Å². The third kappa shape index (κ3) is 3.18. The molecule has 0 aliphatic rings. The quantitative estimate of drug-likeness (QED) is 0.591. The molecule has 0 atom stereocenters. The molecule has 0 saturated heterocycles. The molecule has 0 radical (unpaired) electrons. The minimum absolute atomic E-state index is 0.0138. The van der Waals surface area contributed by atoms with Crippen LogP contribution in [0.3, 0.4) is 0 Å². The van der Waals surface area contributed by atoms with Gasteiger partial charge >= 0.3 is 11.8 Å². The van der Waals surface area contributed by atoms with Gasteiger partial charge in [0.1, 0.15) is 0 Å². The number of carboxylic acids is 1. The number of carbonyl (C=O) groups is 2. The molecule has 0 aliphatic heterocycles. The van der Waals surface area contributed by atoms with Crippen molar-refractivity contribution in [1.29, 1.82) is 0 Å². The number of aromatic amines is 1. The molecule has 0 saturated carbocycles. The van der Waals surface area contributed by atoms with E-state index in [2.05, 4.69) is 10.3 Å². The molecule has 0 bridgehead atoms. The number of carboxylic acid groups (broad SMARTS) is 1. The Morgan fingerprint density at radius 3 is 2.52 bits per heavy atom. The Balaban J connectivity index is 2.19. The van der Waals surface area contributed by atoms with Crippen LogP contribution in [-0.2, 0) is 0 Å². The number of halogens is 1. The molecule has 9 heteroatoms. The van der Waals surface area contributed by atoms with E-state index in [1.165, 1.54) is 24.3 Å². The van der Waals surface area contributed by atoms with E-state index in [4.69, 9.17) is 16.7 Å². The van der Waals surface area contributed by atoms with E-state index in [1.807, 2.05) is 0 Å². The molecule has 1 heterocycles. The van der Waals surface area contributed by atoms with E-state index in [-0.39, 0.29) is 27.8 Å². The minimum Gasteiger partial charge on any atom is -0.478 e. The molecule has 1 aromatic carbocycles. The smallest absolute Gasteiger partial charge is 0.335 e. The zero-order chi connectivity index (χ0) is 15.6. The predicted octanol–water partition coefficient (Wildman–Crippen LogP) is 2.53. The lowest BCUT2D eigenvalue weighted by Gasteiger charge is -2.05. The van der Waals surface area contributed by atoms with Crippen LogP contribution in [0.4, 0.5) is 11.5 Å². The summed E-state index contributed by atoms with van der Waals surface area (Å²) >= 11 is 5.86. The van der Waals surface area contributed by atoms with Crippen LogP contribution in [-0.4, -0.2) is 26.9 Å². The Morgan fingerprint density at radius 1 is 1.29 bits per heavy atom. The molecule has 0 aliphatic carbocycles. The first kappa shape index (κ1) is 14.5. The van der Waals surface area contributed by atoms with E-state index < -0.39 is 16.8 Å². The zero-order valence-electron chi connectivity index (χ0n) is 10.3. The lowest BCUT2D eigenvalue weighted by molar-refractivity contribution is -0.389. The highest BCUT2D eigenvalue weighted by atomic mass is 35.5. The maximum atomic E-state index is 11.9. The van der Waals surface area contributed by atoms with E-state index >= 15 is 0 Å². The number of hydrogen-bond donors (Lipinski definition) is 3. The Labute approximate surface area is 122 Å². The third-order valence-electron chi connectivity index (χ3n) is 2.58. The second-order valence-electron chi connectivity index (χ2n) is 3.97. The maximum Gasteiger partial charge on any atom is 0.335 e. The molecular formula is C12H8ClN3O5. The van der Waals surface area contributed by atoms with Crippen LogP contribution >= 0.6 is 11.6 Å². The van der Waals surface area contributed by atoms with E-state index in [9.17, 15) is 19.7 Å². The van der Waals surface area contributed by atoms with Crippen LogP contribution in [0.5, 0.6) is 0 Å². The second kappa shape index (κ2) is 5.63. The number of aromatic carboxylic acids is 1. The van der Waals surface area contributed by atoms with Gasteiger partial charge in [-0.2, -0.15) is 0 Å². The van der Waals surface area contributed by atoms with Crippen molar-refractivity contribution in [2.75, 3.05) is 5.32 Å². The van der Waals surface area contributed by atoms with Crippen molar-refractivity contribution in [3.8, 4) is 0 Å². The number of anilines is 1. The average molecular weight is 310 g/mol. The summed E-state index contributed by atoms with van der Waals surface area (Å²) in [5, 5.41) is 21.8. The first-order chi connectivity index (χ1) is 9.88. The summed E-state index contributed by atoms with van der Waals surface area (Å²) in [5.74, 6) is -2.09. The summed E-state index contributed by atoms with van der Waals surface area (Å²) in [7, 11) is 0. The van der Waals surface area contributed by atoms with Crippen LogP contribution < -0.4 is 5.32 Å². The molecule has 2 aromatic rings. The highest BCUT2D eigenvalue weighted by Crippen LogP contribution is 2.24. The largest absolute Gasteiger partial charge is 0.478 e. The van der Waals surface area contributed by atoms with Crippen LogP contribution in [0, 0.1) is 10.1 Å². The summed E-state index contributed by atoms with van der Waals surface area (Å²) in [6.45, 7) is 0. The molecule has 0 spiro atoms. The number of hydrogen-bond acceptors (Lipinski definition) is 4. The van der Waals surface area contributed by atoms with Crippen molar-refractivity contribution in [1.82, 2.24) is 4.98 Å². The van der Waals surface area contributed by atoms with Gasteiger partial charge in [0.25, 0.3) is 5.91 Å². The van der Waals surface area contributed by atoms with Crippen molar-refractivity contribution in [3.05, 3.63) is 56.7 Å². The van der Waals surface area contributed by atoms with Crippen LogP contribution in [0.15, 0.2) is 30.3 Å². The molecule has 108 valence electrons. The lowest BCUT2D eigenvalue weighted by atomic mass is 10.2. The molecule has 2 rings (SSSR count). The van der Waals surface area contributed by atoms with Crippen molar-refractivity contribution in [2.45, 2.75) is 0 Å². The fraction of sp³-hybridized carbons (Fsp3) is 0. The predicted molar refractivity (Wildman–Crippen MR) is 73.8 cm³/mol. The van der Waals surface area contributed by atoms with Gasteiger partial charge < -0.3 is 20.5 Å². The third-order valence-corrected chi connectivity index (χ3v) is 2.89. The van der Waals surface area contributed by atoms with Gasteiger partial charge in [0.2, 0.25) is 0 Å². The van der Waals surface area contributed by atoms with Gasteiger partial charge in [-0.1, -0.05) is 11.6 Å². The molecule has 1 aromatic heterocycles. The molecule has 0 unspecified atom stereocenters. The molecule has 3 N–H and O–H groups in total. The van der Waals surface area contributed by atoms with Crippen molar-refractivity contribution < 1.29 is 19.6 Å². The topological polar surface area (TPSA) is 125 Å². The van der Waals surface area contributed by atoms with E-state index in [1.54, 1.807) is 0 Å². The number of aromatic nitrogens is 1. The highest BCUT2D eigenvalue weighted by Gasteiger charge is 2.17. The number of nitrogens with one attached hydrogen (secondary N) is 2. The monoisotopic (exact) mass is 309 g/mol. The highest BCUT2D eigenvalue weighted by molar-refractivity contribution is 6.34. The molecule has 0 fully saturated rings. The van der Waals surface area contributed by atoms with Crippen molar-refractivity contribution in [2.24, 2.45) is 0 Å². The van der Waals surface area contributed by atoms with Gasteiger partial charge in [-0.25, -0.2) is 9.78 Å². The maximum absolute atomic E-state index is 11.9. The van der Waals surface area contributed by atoms with Gasteiger partial charge in [0.15, 0.2) is 5.69 Å². The van der Waals surface area contributed by atoms with Gasteiger partial charge in [0, 0.05) is 6.07 Å². The normalized spacial score (nSPS) is 10.1. The first-order valence-corrected chi connectivity index (χ1v) is 5.94. The van der Waals surface area contributed by atoms with Crippen molar-refractivity contribution in [3.63, 3.8) is 0 Å². The number of nitrogens with zero attached hydrogens (tertiary/aromatic N) is 1. The number of amides is 1. The summed E-state index contributed by atoms with van der Waals surface area (Å²) in [4.78, 5) is 34.8. The molecule has 1 amide bonds. The van der Waals surface area contributed by atoms with Gasteiger partial charge in [-0.3, -0.25) is 4.79 Å². The Kier molecular flexibility index (Phi) is 3.90. The van der Waals surface area contributed by atoms with Gasteiger partial charge in [0.05, 0.1) is 16.3 Å². The Morgan fingerprint density at radius 2 is 2.00 bits per heavy atom. The average Bonchev–Trinajstić information content (AvgIpc) is 2.90. The number of rotatable bonds is 4. The van der Waals surface area contributed by atoms with Gasteiger partial charge in [-0.05, 0) is 29.2 Å². The Hall–Kier alpha value is -2.87. The molecule has 8 nitrogen and oxygen atoms in total. The summed E-state index contributed by atoms with van der Waals surface area (Å²) < 4.78 is 0.